The lowest BCUT2D eigenvalue weighted by atomic mass is 9.88. The number of benzene rings is 1. The third-order valence-corrected chi connectivity index (χ3v) is 4.81. The molecule has 0 atom stereocenters. The molecule has 1 saturated carbocycles. The van der Waals surface area contributed by atoms with Crippen molar-refractivity contribution in [1.29, 1.82) is 0 Å². The number of methoxy groups -OCH3 is 1. The molecule has 5 heteroatoms. The molecule has 114 valence electrons. The van der Waals surface area contributed by atoms with Crippen LogP contribution in [0.15, 0.2) is 12.1 Å². The zero-order chi connectivity index (χ0) is 15.0. The van der Waals surface area contributed by atoms with Crippen LogP contribution in [-0.2, 0) is 12.4 Å². The summed E-state index contributed by atoms with van der Waals surface area (Å²) in [6.07, 6.45) is 4.98. The maximum Gasteiger partial charge on any atom is 0.167 e. The Morgan fingerprint density at radius 3 is 2.71 bits per heavy atom. The summed E-state index contributed by atoms with van der Waals surface area (Å²) in [5.74, 6) is 0.992. The molecule has 0 N–H and O–H groups in total. The molecule has 1 fully saturated rings. The van der Waals surface area contributed by atoms with Crippen molar-refractivity contribution in [3.8, 4) is 5.75 Å². The normalized spacial score (nSPS) is 17.5. The average Bonchev–Trinajstić information content (AvgIpc) is 3.03. The third kappa shape index (κ3) is 2.61. The molecule has 0 aliphatic heterocycles. The molecule has 0 saturated heterocycles. The topological polar surface area (TPSA) is 27.1 Å². The summed E-state index contributed by atoms with van der Waals surface area (Å²) in [4.78, 5) is 4.48. The Bertz CT molecular complexity index is 662. The fourth-order valence-electron chi connectivity index (χ4n) is 3.38. The lowest BCUT2D eigenvalue weighted by molar-refractivity contribution is 0.282. The Balaban J connectivity index is 2.10. The fourth-order valence-corrected chi connectivity index (χ4v) is 3.58. The van der Waals surface area contributed by atoms with Gasteiger partial charge in [0.15, 0.2) is 11.6 Å². The predicted molar refractivity (Wildman–Crippen MR) is 82.4 cm³/mol. The Morgan fingerprint density at radius 1 is 1.38 bits per heavy atom. The number of rotatable bonds is 4. The van der Waals surface area contributed by atoms with E-state index < -0.39 is 0 Å². The number of hydrogen-bond acceptors (Lipinski definition) is 2. The number of nitrogens with zero attached hydrogens (tertiary/aromatic N) is 2. The van der Waals surface area contributed by atoms with Crippen LogP contribution >= 0.6 is 11.6 Å². The molecule has 0 amide bonds. The van der Waals surface area contributed by atoms with Gasteiger partial charge in [-0.15, -0.1) is 11.6 Å². The lowest BCUT2D eigenvalue weighted by Gasteiger charge is -2.25. The van der Waals surface area contributed by atoms with Crippen molar-refractivity contribution < 1.29 is 9.13 Å². The number of fused-ring (bicyclic) bond motifs is 1. The van der Waals surface area contributed by atoms with Crippen molar-refractivity contribution in [2.75, 3.05) is 7.11 Å². The van der Waals surface area contributed by atoms with E-state index in [1.807, 2.05) is 0 Å². The van der Waals surface area contributed by atoms with Crippen LogP contribution in [0.5, 0.6) is 5.75 Å². The molecule has 2 aromatic rings. The van der Waals surface area contributed by atoms with Gasteiger partial charge in [-0.3, -0.25) is 0 Å². The van der Waals surface area contributed by atoms with Crippen molar-refractivity contribution in [1.82, 2.24) is 9.55 Å². The van der Waals surface area contributed by atoms with Crippen LogP contribution in [-0.4, -0.2) is 16.7 Å². The molecular weight excluding hydrogens is 291 g/mol. The SMILES string of the molecule is COc1cc2c(cc1F)nc(CCl)n2CC1(C)CCCC1. The number of alkyl halides is 1. The highest BCUT2D eigenvalue weighted by Crippen LogP contribution is 2.40. The molecule has 0 unspecified atom stereocenters. The minimum Gasteiger partial charge on any atom is -0.494 e. The summed E-state index contributed by atoms with van der Waals surface area (Å²) >= 11 is 6.04. The van der Waals surface area contributed by atoms with E-state index >= 15 is 0 Å². The van der Waals surface area contributed by atoms with Gasteiger partial charge < -0.3 is 9.30 Å². The fraction of sp³-hybridized carbons (Fsp3) is 0.562. The van der Waals surface area contributed by atoms with Gasteiger partial charge in [0.2, 0.25) is 0 Å². The predicted octanol–water partition coefficient (Wildman–Crippen LogP) is 4.50. The van der Waals surface area contributed by atoms with Gasteiger partial charge in [0.05, 0.1) is 24.0 Å². The zero-order valence-electron chi connectivity index (χ0n) is 12.5. The van der Waals surface area contributed by atoms with Crippen molar-refractivity contribution in [2.45, 2.75) is 45.0 Å². The molecule has 1 aliphatic rings. The van der Waals surface area contributed by atoms with Crippen molar-refractivity contribution in [2.24, 2.45) is 5.41 Å². The van der Waals surface area contributed by atoms with Gasteiger partial charge >= 0.3 is 0 Å². The minimum absolute atomic E-state index is 0.251. The quantitative estimate of drug-likeness (QED) is 0.777. The summed E-state index contributed by atoms with van der Waals surface area (Å²) in [7, 11) is 1.48. The first-order chi connectivity index (χ1) is 10.1. The second kappa shape index (κ2) is 5.48. The highest BCUT2D eigenvalue weighted by molar-refractivity contribution is 6.16. The molecule has 0 radical (unpaired) electrons. The molecule has 3 nitrogen and oxygen atoms in total. The molecule has 1 aromatic carbocycles. The Hall–Kier alpha value is -1.29. The van der Waals surface area contributed by atoms with Gasteiger partial charge in [0, 0.05) is 18.7 Å². The first-order valence-electron chi connectivity index (χ1n) is 7.35. The van der Waals surface area contributed by atoms with E-state index in [-0.39, 0.29) is 17.0 Å². The summed E-state index contributed by atoms with van der Waals surface area (Å²) in [6.45, 7) is 3.19. The van der Waals surface area contributed by atoms with Gasteiger partial charge in [-0.05, 0) is 18.3 Å². The second-order valence-corrected chi connectivity index (χ2v) is 6.51. The highest BCUT2D eigenvalue weighted by atomic mass is 35.5. The van der Waals surface area contributed by atoms with Crippen LogP contribution in [0.25, 0.3) is 11.0 Å². The Labute approximate surface area is 129 Å². The van der Waals surface area contributed by atoms with Crippen molar-refractivity contribution in [3.05, 3.63) is 23.8 Å². The van der Waals surface area contributed by atoms with Crippen molar-refractivity contribution >= 4 is 22.6 Å². The summed E-state index contributed by atoms with van der Waals surface area (Å²) in [5.41, 5.74) is 1.82. The maximum absolute atomic E-state index is 13.8. The summed E-state index contributed by atoms with van der Waals surface area (Å²) < 4.78 is 21.1. The smallest absolute Gasteiger partial charge is 0.167 e. The van der Waals surface area contributed by atoms with Gasteiger partial charge in [-0.2, -0.15) is 0 Å². The first kappa shape index (κ1) is 14.6. The second-order valence-electron chi connectivity index (χ2n) is 6.24. The number of halogens is 2. The van der Waals surface area contributed by atoms with E-state index in [2.05, 4.69) is 16.5 Å². The third-order valence-electron chi connectivity index (χ3n) is 4.57. The summed E-state index contributed by atoms with van der Waals surface area (Å²) in [5, 5.41) is 0. The van der Waals surface area contributed by atoms with E-state index in [0.717, 1.165) is 17.9 Å². The van der Waals surface area contributed by atoms with Crippen LogP contribution in [0.3, 0.4) is 0 Å². The first-order valence-corrected chi connectivity index (χ1v) is 7.88. The van der Waals surface area contributed by atoms with Gasteiger partial charge in [-0.25, -0.2) is 9.37 Å². The number of hydrogen-bond donors (Lipinski definition) is 0. The van der Waals surface area contributed by atoms with Gasteiger partial charge in [0.25, 0.3) is 0 Å². The molecule has 1 aliphatic carbocycles. The monoisotopic (exact) mass is 310 g/mol. The van der Waals surface area contributed by atoms with Crippen molar-refractivity contribution in [3.63, 3.8) is 0 Å². The molecule has 1 aromatic heterocycles. The molecule has 21 heavy (non-hydrogen) atoms. The standard InChI is InChI=1S/C16H20ClFN2O/c1-16(5-3-4-6-16)10-20-13-8-14(21-2)11(18)7-12(13)19-15(20)9-17/h7-8H,3-6,9-10H2,1-2H3. The Morgan fingerprint density at radius 2 is 2.10 bits per heavy atom. The molecule has 1 heterocycles. The van der Waals surface area contributed by atoms with Crippen LogP contribution < -0.4 is 4.74 Å². The van der Waals surface area contributed by atoms with Crippen LogP contribution in [0.2, 0.25) is 0 Å². The average molecular weight is 311 g/mol. The zero-order valence-corrected chi connectivity index (χ0v) is 13.2. The maximum atomic E-state index is 13.8. The molecular formula is C16H20ClFN2O. The van der Waals surface area contributed by atoms with E-state index in [0.29, 0.717) is 11.4 Å². The number of ether oxygens (including phenoxy) is 1. The largest absolute Gasteiger partial charge is 0.494 e. The Kier molecular flexibility index (Phi) is 3.82. The summed E-state index contributed by atoms with van der Waals surface area (Å²) in [6, 6.07) is 3.16. The van der Waals surface area contributed by atoms with E-state index in [1.54, 1.807) is 6.07 Å². The minimum atomic E-state index is -0.386. The number of imidazole rings is 1. The molecule has 0 bridgehead atoms. The van der Waals surface area contributed by atoms with Crippen LogP contribution in [0, 0.1) is 11.2 Å². The van der Waals surface area contributed by atoms with E-state index in [4.69, 9.17) is 16.3 Å². The highest BCUT2D eigenvalue weighted by Gasteiger charge is 2.30. The van der Waals surface area contributed by atoms with E-state index in [1.165, 1.54) is 38.9 Å². The van der Waals surface area contributed by atoms with Crippen LogP contribution in [0.4, 0.5) is 4.39 Å². The van der Waals surface area contributed by atoms with Crippen LogP contribution in [0.1, 0.15) is 38.4 Å². The number of aromatic nitrogens is 2. The van der Waals surface area contributed by atoms with Gasteiger partial charge in [-0.1, -0.05) is 19.8 Å². The lowest BCUT2D eigenvalue weighted by Crippen LogP contribution is -2.20. The van der Waals surface area contributed by atoms with Gasteiger partial charge in [0.1, 0.15) is 5.82 Å². The molecule has 0 spiro atoms. The molecule has 3 rings (SSSR count). The van der Waals surface area contributed by atoms with E-state index in [9.17, 15) is 4.39 Å².